The quantitative estimate of drug-likeness (QED) is 0.559. The van der Waals surface area contributed by atoms with Crippen molar-refractivity contribution in [3.05, 3.63) is 22.5 Å². The molecule has 0 amide bonds. The monoisotopic (exact) mass is 240 g/mol. The summed E-state index contributed by atoms with van der Waals surface area (Å²) in [5.74, 6) is -1.32. The van der Waals surface area contributed by atoms with Crippen LogP contribution in [0.5, 0.6) is 5.88 Å². The largest absolute Gasteiger partial charge is 0.463 e. The highest BCUT2D eigenvalue weighted by molar-refractivity contribution is 6.01. The Morgan fingerprint density at radius 1 is 1.47 bits per heavy atom. The zero-order valence-corrected chi connectivity index (χ0v) is 9.43. The molecule has 0 fully saturated rings. The van der Waals surface area contributed by atoms with Gasteiger partial charge in [0.2, 0.25) is 5.88 Å². The first-order chi connectivity index (χ1) is 8.04. The number of hydrogen-bond acceptors (Lipinski definition) is 6. The summed E-state index contributed by atoms with van der Waals surface area (Å²) < 4.78 is 9.72. The summed E-state index contributed by atoms with van der Waals surface area (Å²) in [5.41, 5.74) is -0.409. The van der Waals surface area contributed by atoms with Crippen LogP contribution >= 0.6 is 0 Å². The van der Waals surface area contributed by atoms with E-state index in [-0.39, 0.29) is 12.5 Å². The average molecular weight is 240 g/mol. The number of ketones is 1. The number of aromatic nitrogens is 2. The van der Waals surface area contributed by atoms with Gasteiger partial charge in [0.15, 0.2) is 5.78 Å². The van der Waals surface area contributed by atoms with E-state index in [0.29, 0.717) is 0 Å². The summed E-state index contributed by atoms with van der Waals surface area (Å²) in [7, 11) is 0. The van der Waals surface area contributed by atoms with Crippen LogP contribution < -0.4 is 10.3 Å². The highest BCUT2D eigenvalue weighted by Gasteiger charge is 2.27. The summed E-state index contributed by atoms with van der Waals surface area (Å²) in [6.07, 6.45) is -1.37. The summed E-state index contributed by atoms with van der Waals surface area (Å²) in [6.45, 7) is 2.96. The molecule has 1 aromatic heterocycles. The van der Waals surface area contributed by atoms with Gasteiger partial charge in [-0.2, -0.15) is 0 Å². The maximum atomic E-state index is 11.4. The first kappa shape index (κ1) is 12.9. The van der Waals surface area contributed by atoms with Gasteiger partial charge in [-0.15, -0.1) is 5.10 Å². The molecule has 1 atom stereocenters. The van der Waals surface area contributed by atoms with Gasteiger partial charge in [0.05, 0.1) is 6.61 Å². The molecule has 92 valence electrons. The number of nitrogens with zero attached hydrogens (tertiary/aromatic N) is 1. The topological polar surface area (TPSA) is 98.3 Å². The van der Waals surface area contributed by atoms with Crippen molar-refractivity contribution in [3.63, 3.8) is 0 Å². The number of rotatable bonds is 5. The van der Waals surface area contributed by atoms with Gasteiger partial charge in [-0.05, 0) is 13.8 Å². The standard InChI is InChI=1S/C10H12N2O5/c1-3-16-10(15)9(6(2)13)17-8-5-4-7(14)11-12-8/h4-5,9H,3H2,1-2H3,(H,11,14)/t9-/m1/s1. The van der Waals surface area contributed by atoms with Crippen LogP contribution in [0.15, 0.2) is 16.9 Å². The van der Waals surface area contributed by atoms with Crippen molar-refractivity contribution in [1.29, 1.82) is 0 Å². The zero-order valence-electron chi connectivity index (χ0n) is 9.43. The third kappa shape index (κ3) is 3.71. The number of nitrogens with one attached hydrogen (secondary N) is 1. The van der Waals surface area contributed by atoms with Crippen LogP contribution in [0.25, 0.3) is 0 Å². The van der Waals surface area contributed by atoms with E-state index in [9.17, 15) is 14.4 Å². The number of esters is 1. The van der Waals surface area contributed by atoms with Crippen LogP contribution in [-0.4, -0.2) is 34.7 Å². The predicted octanol–water partition coefficient (Wildman–Crippen LogP) is -0.331. The molecule has 0 unspecified atom stereocenters. The fourth-order valence-corrected chi connectivity index (χ4v) is 1.03. The molecule has 1 rings (SSSR count). The molecule has 0 saturated heterocycles. The van der Waals surface area contributed by atoms with Crippen molar-refractivity contribution >= 4 is 11.8 Å². The molecule has 17 heavy (non-hydrogen) atoms. The molecule has 7 heteroatoms. The lowest BCUT2D eigenvalue weighted by Gasteiger charge is -2.13. The molecule has 1 heterocycles. The number of ether oxygens (including phenoxy) is 2. The van der Waals surface area contributed by atoms with Crippen LogP contribution in [0.4, 0.5) is 0 Å². The molecule has 0 aromatic carbocycles. The molecule has 0 aliphatic heterocycles. The Kier molecular flexibility index (Phi) is 4.38. The number of hydrogen-bond donors (Lipinski definition) is 1. The lowest BCUT2D eigenvalue weighted by molar-refractivity contribution is -0.155. The van der Waals surface area contributed by atoms with E-state index in [4.69, 9.17) is 4.74 Å². The van der Waals surface area contributed by atoms with Gasteiger partial charge in [-0.1, -0.05) is 0 Å². The van der Waals surface area contributed by atoms with Gasteiger partial charge in [0, 0.05) is 12.1 Å². The van der Waals surface area contributed by atoms with Gasteiger partial charge >= 0.3 is 5.97 Å². The van der Waals surface area contributed by atoms with Gasteiger partial charge in [-0.3, -0.25) is 9.59 Å². The molecular weight excluding hydrogens is 228 g/mol. The van der Waals surface area contributed by atoms with E-state index >= 15 is 0 Å². The normalized spacial score (nSPS) is 11.6. The van der Waals surface area contributed by atoms with Crippen LogP contribution in [0.1, 0.15) is 13.8 Å². The maximum absolute atomic E-state index is 11.4. The number of carbonyl (C=O) groups is 2. The van der Waals surface area contributed by atoms with Crippen molar-refractivity contribution < 1.29 is 19.1 Å². The summed E-state index contributed by atoms with van der Waals surface area (Å²) in [4.78, 5) is 33.3. The highest BCUT2D eigenvalue weighted by atomic mass is 16.6. The van der Waals surface area contributed by atoms with Gasteiger partial charge in [0.1, 0.15) is 0 Å². The maximum Gasteiger partial charge on any atom is 0.355 e. The molecule has 0 saturated carbocycles. The number of aromatic amines is 1. The van der Waals surface area contributed by atoms with E-state index in [1.165, 1.54) is 19.1 Å². The Bertz CT molecular complexity index is 448. The third-order valence-electron chi connectivity index (χ3n) is 1.76. The minimum atomic E-state index is -1.37. The Labute approximate surface area is 96.7 Å². The van der Waals surface area contributed by atoms with E-state index in [0.717, 1.165) is 0 Å². The predicted molar refractivity (Wildman–Crippen MR) is 56.6 cm³/mol. The molecule has 0 aliphatic rings. The van der Waals surface area contributed by atoms with E-state index in [1.54, 1.807) is 6.92 Å². The second-order valence-electron chi connectivity index (χ2n) is 3.12. The minimum absolute atomic E-state index is 0.0298. The fourth-order valence-electron chi connectivity index (χ4n) is 1.03. The van der Waals surface area contributed by atoms with Gasteiger partial charge in [0.25, 0.3) is 11.7 Å². The molecular formula is C10H12N2O5. The van der Waals surface area contributed by atoms with Crippen molar-refractivity contribution in [2.75, 3.05) is 6.61 Å². The Hall–Kier alpha value is -2.18. The van der Waals surface area contributed by atoms with E-state index < -0.39 is 23.4 Å². The molecule has 0 bridgehead atoms. The molecule has 7 nitrogen and oxygen atoms in total. The van der Waals surface area contributed by atoms with Crippen LogP contribution in [-0.2, 0) is 14.3 Å². The lowest BCUT2D eigenvalue weighted by Crippen LogP contribution is -2.36. The Balaban J connectivity index is 2.80. The third-order valence-corrected chi connectivity index (χ3v) is 1.76. The summed E-state index contributed by atoms with van der Waals surface area (Å²) in [5, 5.41) is 5.64. The van der Waals surface area contributed by atoms with Crippen molar-refractivity contribution in [3.8, 4) is 5.88 Å². The van der Waals surface area contributed by atoms with Gasteiger partial charge in [-0.25, -0.2) is 9.89 Å². The SMILES string of the molecule is CCOC(=O)[C@H](Oc1ccc(=O)[nH]n1)C(C)=O. The molecule has 0 aliphatic carbocycles. The summed E-state index contributed by atoms with van der Waals surface area (Å²) in [6, 6.07) is 2.43. The molecule has 1 aromatic rings. The van der Waals surface area contributed by atoms with Crippen LogP contribution in [0.2, 0.25) is 0 Å². The van der Waals surface area contributed by atoms with Crippen LogP contribution in [0.3, 0.4) is 0 Å². The van der Waals surface area contributed by atoms with Gasteiger partial charge < -0.3 is 9.47 Å². The second-order valence-corrected chi connectivity index (χ2v) is 3.12. The lowest BCUT2D eigenvalue weighted by atomic mass is 10.2. The van der Waals surface area contributed by atoms with Crippen molar-refractivity contribution in [2.45, 2.75) is 20.0 Å². The van der Waals surface area contributed by atoms with Crippen LogP contribution in [0, 0.1) is 0 Å². The smallest absolute Gasteiger partial charge is 0.355 e. The Morgan fingerprint density at radius 2 is 2.18 bits per heavy atom. The zero-order chi connectivity index (χ0) is 12.8. The van der Waals surface area contributed by atoms with Crippen molar-refractivity contribution in [1.82, 2.24) is 10.2 Å². The Morgan fingerprint density at radius 3 is 2.65 bits per heavy atom. The fraction of sp³-hybridized carbons (Fsp3) is 0.400. The number of H-pyrrole nitrogens is 1. The first-order valence-electron chi connectivity index (χ1n) is 4.94. The van der Waals surface area contributed by atoms with Crippen molar-refractivity contribution in [2.24, 2.45) is 0 Å². The first-order valence-corrected chi connectivity index (χ1v) is 4.94. The minimum Gasteiger partial charge on any atom is -0.463 e. The van der Waals surface area contributed by atoms with E-state index in [1.807, 2.05) is 0 Å². The molecule has 1 N–H and O–H groups in total. The second kappa shape index (κ2) is 5.78. The molecule has 0 radical (unpaired) electrons. The summed E-state index contributed by atoms with van der Waals surface area (Å²) >= 11 is 0. The number of carbonyl (C=O) groups excluding carboxylic acids is 2. The highest BCUT2D eigenvalue weighted by Crippen LogP contribution is 2.06. The number of Topliss-reactive ketones (excluding diaryl/α,β-unsaturated/α-hetero) is 1. The molecule has 0 spiro atoms. The van der Waals surface area contributed by atoms with E-state index in [2.05, 4.69) is 14.9 Å². The average Bonchev–Trinajstić information content (AvgIpc) is 2.28.